The molecule has 0 radical (unpaired) electrons. The van der Waals surface area contributed by atoms with Gasteiger partial charge in [-0.3, -0.25) is 0 Å². The van der Waals surface area contributed by atoms with Gasteiger partial charge in [0.05, 0.1) is 0 Å². The van der Waals surface area contributed by atoms with Gasteiger partial charge in [0.2, 0.25) is 4.96 Å². The van der Waals surface area contributed by atoms with Crippen molar-refractivity contribution in [2.75, 3.05) is 11.9 Å². The van der Waals surface area contributed by atoms with Crippen LogP contribution >= 0.6 is 11.3 Å². The Morgan fingerprint density at radius 2 is 2.19 bits per heavy atom. The van der Waals surface area contributed by atoms with Crippen LogP contribution in [0.5, 0.6) is 0 Å². The van der Waals surface area contributed by atoms with Crippen LogP contribution in [0.15, 0.2) is 18.2 Å². The zero-order valence-corrected chi connectivity index (χ0v) is 12.9. The molecule has 0 spiro atoms. The lowest BCUT2D eigenvalue weighted by Gasteiger charge is -2.18. The van der Waals surface area contributed by atoms with Crippen LogP contribution in [-0.4, -0.2) is 26.4 Å². The van der Waals surface area contributed by atoms with Crippen LogP contribution in [0.1, 0.15) is 37.6 Å². The summed E-state index contributed by atoms with van der Waals surface area (Å²) in [5, 5.41) is 17.6. The van der Waals surface area contributed by atoms with Gasteiger partial charge in [0.25, 0.3) is 0 Å². The fraction of sp³-hybridized carbons (Fsp3) is 0.400. The number of benzene rings is 1. The molecule has 1 N–H and O–H groups in total. The molecule has 0 unspecified atom stereocenters. The van der Waals surface area contributed by atoms with Crippen LogP contribution in [0, 0.1) is 0 Å². The molecular formula is C15H17N5S. The highest BCUT2D eigenvalue weighted by Gasteiger charge is 2.16. The molecule has 6 heteroatoms. The second kappa shape index (κ2) is 4.80. The molecule has 2 aromatic heterocycles. The molecule has 1 aliphatic rings. The first-order valence-electron chi connectivity index (χ1n) is 7.31. The molecule has 0 bridgehead atoms. The van der Waals surface area contributed by atoms with Crippen molar-refractivity contribution in [3.05, 3.63) is 29.6 Å². The van der Waals surface area contributed by atoms with E-state index in [1.54, 1.807) is 11.3 Å². The number of nitrogens with one attached hydrogen (secondary N) is 1. The van der Waals surface area contributed by atoms with Crippen molar-refractivity contribution < 1.29 is 0 Å². The summed E-state index contributed by atoms with van der Waals surface area (Å²) in [5.74, 6) is 1.25. The molecule has 0 saturated carbocycles. The third-order valence-corrected chi connectivity index (χ3v) is 4.77. The maximum atomic E-state index is 4.70. The fourth-order valence-electron chi connectivity index (χ4n) is 2.72. The summed E-state index contributed by atoms with van der Waals surface area (Å²) in [7, 11) is 0. The van der Waals surface area contributed by atoms with Crippen molar-refractivity contribution in [2.45, 2.75) is 32.6 Å². The first-order chi connectivity index (χ1) is 10.2. The zero-order chi connectivity index (χ0) is 14.4. The number of aryl methyl sites for hydroxylation is 1. The van der Waals surface area contributed by atoms with Gasteiger partial charge in [-0.15, -0.1) is 10.2 Å². The van der Waals surface area contributed by atoms with Gasteiger partial charge in [0.15, 0.2) is 5.82 Å². The zero-order valence-electron chi connectivity index (χ0n) is 12.1. The Bertz CT molecular complexity index is 802. The highest BCUT2D eigenvalue weighted by atomic mass is 32.1. The van der Waals surface area contributed by atoms with Crippen LogP contribution in [0.25, 0.3) is 15.5 Å². The van der Waals surface area contributed by atoms with Gasteiger partial charge in [-0.2, -0.15) is 9.61 Å². The van der Waals surface area contributed by atoms with Crippen LogP contribution in [0.3, 0.4) is 0 Å². The first-order valence-corrected chi connectivity index (χ1v) is 8.13. The summed E-state index contributed by atoms with van der Waals surface area (Å²) < 4.78 is 1.88. The maximum Gasteiger partial charge on any atom is 0.234 e. The van der Waals surface area contributed by atoms with Crippen molar-refractivity contribution in [3.63, 3.8) is 0 Å². The molecule has 3 aromatic rings. The average Bonchev–Trinajstić information content (AvgIpc) is 3.06. The summed E-state index contributed by atoms with van der Waals surface area (Å²) in [6.07, 6.45) is 2.33. The number of aromatic nitrogens is 4. The minimum atomic E-state index is 0.322. The molecule has 5 nitrogen and oxygen atoms in total. The molecule has 1 aliphatic heterocycles. The lowest BCUT2D eigenvalue weighted by Crippen LogP contribution is -2.11. The number of nitrogens with zero attached hydrogens (tertiary/aromatic N) is 4. The normalized spacial score (nSPS) is 14.4. The van der Waals surface area contributed by atoms with E-state index in [4.69, 9.17) is 5.10 Å². The number of hydrogen-bond acceptors (Lipinski definition) is 5. The van der Waals surface area contributed by atoms with E-state index in [0.29, 0.717) is 5.92 Å². The van der Waals surface area contributed by atoms with Gasteiger partial charge < -0.3 is 5.32 Å². The molecule has 21 heavy (non-hydrogen) atoms. The standard InChI is InChI=1S/C15H17N5S/c1-9(2)13-17-18-15-20(13)19-14(21-15)11-5-6-12-10(8-11)4-3-7-16-12/h5-6,8-9,16H,3-4,7H2,1-2H3. The molecule has 0 fully saturated rings. The Kier molecular flexibility index (Phi) is 2.92. The molecule has 4 rings (SSSR count). The molecule has 3 heterocycles. The number of rotatable bonds is 2. The minimum absolute atomic E-state index is 0.322. The SMILES string of the molecule is CC(C)c1nnc2sc(-c3ccc4c(c3)CCCN4)nn12. The van der Waals surface area contributed by atoms with E-state index < -0.39 is 0 Å². The maximum absolute atomic E-state index is 4.70. The van der Waals surface area contributed by atoms with Gasteiger partial charge in [-0.1, -0.05) is 25.2 Å². The molecule has 0 saturated heterocycles. The minimum Gasteiger partial charge on any atom is -0.385 e. The summed E-state index contributed by atoms with van der Waals surface area (Å²) >= 11 is 1.60. The van der Waals surface area contributed by atoms with E-state index in [9.17, 15) is 0 Å². The Hall–Kier alpha value is -1.95. The molecule has 0 aliphatic carbocycles. The van der Waals surface area contributed by atoms with Gasteiger partial charge in [-0.05, 0) is 36.6 Å². The summed E-state index contributed by atoms with van der Waals surface area (Å²) in [4.78, 5) is 0.865. The highest BCUT2D eigenvalue weighted by molar-refractivity contribution is 7.19. The van der Waals surface area contributed by atoms with Crippen LogP contribution in [0.4, 0.5) is 5.69 Å². The van der Waals surface area contributed by atoms with Gasteiger partial charge in [0.1, 0.15) is 5.01 Å². The third kappa shape index (κ3) is 2.10. The van der Waals surface area contributed by atoms with Crippen molar-refractivity contribution in [1.29, 1.82) is 0 Å². The molecule has 108 valence electrons. The van der Waals surface area contributed by atoms with Gasteiger partial charge in [-0.25, -0.2) is 0 Å². The summed E-state index contributed by atoms with van der Waals surface area (Å²) in [6, 6.07) is 6.55. The van der Waals surface area contributed by atoms with E-state index in [1.807, 2.05) is 4.52 Å². The Labute approximate surface area is 127 Å². The second-order valence-corrected chi connectivity index (χ2v) is 6.67. The lowest BCUT2D eigenvalue weighted by atomic mass is 10.0. The van der Waals surface area contributed by atoms with Crippen molar-refractivity contribution >= 4 is 22.0 Å². The van der Waals surface area contributed by atoms with E-state index in [-0.39, 0.29) is 0 Å². The lowest BCUT2D eigenvalue weighted by molar-refractivity contribution is 0.727. The van der Waals surface area contributed by atoms with Gasteiger partial charge >= 0.3 is 0 Å². The van der Waals surface area contributed by atoms with Crippen LogP contribution in [0.2, 0.25) is 0 Å². The van der Waals surface area contributed by atoms with Crippen molar-refractivity contribution in [1.82, 2.24) is 19.8 Å². The highest BCUT2D eigenvalue weighted by Crippen LogP contribution is 2.31. The second-order valence-electron chi connectivity index (χ2n) is 5.72. The summed E-state index contributed by atoms with van der Waals surface area (Å²) in [6.45, 7) is 5.29. The Balaban J connectivity index is 1.79. The van der Waals surface area contributed by atoms with Crippen LogP contribution in [-0.2, 0) is 6.42 Å². The number of anilines is 1. The third-order valence-electron chi connectivity index (χ3n) is 3.82. The quantitative estimate of drug-likeness (QED) is 0.788. The Morgan fingerprint density at radius 3 is 3.05 bits per heavy atom. The molecule has 0 amide bonds. The molecule has 1 aromatic carbocycles. The predicted molar refractivity (Wildman–Crippen MR) is 85.0 cm³/mol. The van der Waals surface area contributed by atoms with Crippen molar-refractivity contribution in [3.8, 4) is 10.6 Å². The molecular weight excluding hydrogens is 282 g/mol. The van der Waals surface area contributed by atoms with Gasteiger partial charge in [0, 0.05) is 23.7 Å². The molecule has 0 atom stereocenters. The predicted octanol–water partition coefficient (Wildman–Crippen LogP) is 3.33. The van der Waals surface area contributed by atoms with E-state index >= 15 is 0 Å². The smallest absolute Gasteiger partial charge is 0.234 e. The van der Waals surface area contributed by atoms with Crippen molar-refractivity contribution in [2.24, 2.45) is 0 Å². The fourth-order valence-corrected chi connectivity index (χ4v) is 3.56. The largest absolute Gasteiger partial charge is 0.385 e. The number of hydrogen-bond donors (Lipinski definition) is 1. The van der Waals surface area contributed by atoms with E-state index in [1.165, 1.54) is 23.2 Å². The Morgan fingerprint density at radius 1 is 1.29 bits per heavy atom. The average molecular weight is 299 g/mol. The topological polar surface area (TPSA) is 55.1 Å². The van der Waals surface area contributed by atoms with E-state index in [2.05, 4.69) is 47.6 Å². The number of fused-ring (bicyclic) bond motifs is 2. The van der Waals surface area contributed by atoms with E-state index in [0.717, 1.165) is 28.8 Å². The monoisotopic (exact) mass is 299 g/mol. The van der Waals surface area contributed by atoms with Crippen LogP contribution < -0.4 is 5.32 Å². The summed E-state index contributed by atoms with van der Waals surface area (Å²) in [5.41, 5.74) is 3.81. The first kappa shape index (κ1) is 12.8.